The van der Waals surface area contributed by atoms with Crippen molar-refractivity contribution in [3.8, 4) is 5.75 Å². The number of methoxy groups -OCH3 is 1. The first-order valence-electron chi connectivity index (χ1n) is 10.1. The summed E-state index contributed by atoms with van der Waals surface area (Å²) in [5, 5.41) is 17.2. The van der Waals surface area contributed by atoms with E-state index in [1.807, 2.05) is 44.8 Å². The molecule has 0 atom stereocenters. The average molecular weight is 546 g/mol. The van der Waals surface area contributed by atoms with Crippen LogP contribution in [0.25, 0.3) is 6.08 Å². The van der Waals surface area contributed by atoms with E-state index in [9.17, 15) is 10.1 Å². The van der Waals surface area contributed by atoms with Gasteiger partial charge in [0.1, 0.15) is 5.75 Å². The molecule has 2 aromatic rings. The summed E-state index contributed by atoms with van der Waals surface area (Å²) in [6.45, 7) is 12.5. The minimum atomic E-state index is -0.402. The van der Waals surface area contributed by atoms with Gasteiger partial charge in [-0.15, -0.1) is 11.9 Å². The molecule has 176 valence electrons. The van der Waals surface area contributed by atoms with E-state index in [4.69, 9.17) is 4.74 Å². The van der Waals surface area contributed by atoms with Crippen LogP contribution in [0, 0.1) is 23.7 Å². The van der Waals surface area contributed by atoms with Gasteiger partial charge < -0.3 is 19.7 Å². The summed E-state index contributed by atoms with van der Waals surface area (Å²) in [7, 11) is 1.62. The van der Waals surface area contributed by atoms with Crippen molar-refractivity contribution in [2.24, 2.45) is 0 Å². The number of nitro benzene ring substituents is 1. The maximum absolute atomic E-state index is 10.8. The van der Waals surface area contributed by atoms with Crippen LogP contribution in [0.1, 0.15) is 25.0 Å². The van der Waals surface area contributed by atoms with Crippen molar-refractivity contribution in [1.29, 1.82) is 0 Å². The molecular weight excluding hydrogens is 513 g/mol. The SMILES string of the molecule is CC.CSN1[CH-]NCC1.[CH2-]/C=C\c1cc([N+](=O)[O-])ccc1CNc1ccc(OC)cc1.[Ru+2]. The van der Waals surface area contributed by atoms with Gasteiger partial charge in [-0.05, 0) is 49.2 Å². The van der Waals surface area contributed by atoms with Crippen molar-refractivity contribution in [2.45, 2.75) is 20.4 Å². The Morgan fingerprint density at radius 2 is 2.00 bits per heavy atom. The fourth-order valence-electron chi connectivity index (χ4n) is 2.59. The minimum Gasteiger partial charge on any atom is -0.497 e. The topological polar surface area (TPSA) is 79.7 Å². The second-order valence-electron chi connectivity index (χ2n) is 6.03. The number of non-ortho nitro benzene ring substituents is 1. The van der Waals surface area contributed by atoms with Gasteiger partial charge in [-0.3, -0.25) is 10.1 Å². The van der Waals surface area contributed by atoms with Crippen LogP contribution in [0.5, 0.6) is 5.75 Å². The Morgan fingerprint density at radius 1 is 1.31 bits per heavy atom. The first-order chi connectivity index (χ1) is 15.1. The molecule has 0 aliphatic carbocycles. The molecule has 2 N–H and O–H groups in total. The molecule has 0 radical (unpaired) electrons. The first kappa shape index (κ1) is 29.9. The zero-order chi connectivity index (χ0) is 23.1. The van der Waals surface area contributed by atoms with Crippen molar-refractivity contribution in [3.63, 3.8) is 0 Å². The number of nitrogens with one attached hydrogen (secondary N) is 2. The molecule has 0 bridgehead atoms. The summed E-state index contributed by atoms with van der Waals surface area (Å²) in [4.78, 5) is 10.4. The summed E-state index contributed by atoms with van der Waals surface area (Å²) < 4.78 is 7.28. The van der Waals surface area contributed by atoms with Crippen molar-refractivity contribution < 1.29 is 29.1 Å². The second-order valence-corrected chi connectivity index (χ2v) is 6.87. The number of nitro groups is 1. The molecule has 0 aromatic heterocycles. The van der Waals surface area contributed by atoms with Crippen molar-refractivity contribution in [3.05, 3.63) is 83.4 Å². The van der Waals surface area contributed by atoms with Crippen LogP contribution >= 0.6 is 11.9 Å². The molecule has 2 aromatic carbocycles. The van der Waals surface area contributed by atoms with E-state index in [-0.39, 0.29) is 25.2 Å². The number of nitrogens with zero attached hydrogens (tertiary/aromatic N) is 2. The Hall–Kier alpha value is -2.06. The van der Waals surface area contributed by atoms with Gasteiger partial charge in [0, 0.05) is 24.4 Å². The van der Waals surface area contributed by atoms with Crippen LogP contribution in [-0.4, -0.2) is 35.7 Å². The number of allylic oxidation sites excluding steroid dienone is 1. The standard InChI is InChI=1S/C17H17N2O3.C4H9N2S.C2H6.Ru/c1-3-4-13-11-16(19(20)21)8-5-14(13)12-18-15-6-9-17(22-2)10-7-15;1-7-6-3-2-5-4-6;1-2;/h3-11,18H,1,12H2,2H3;4-5H,2-3H2,1H3;1-2H3;/q2*-1;;+2/b4-3-;;;. The molecule has 1 saturated heterocycles. The van der Waals surface area contributed by atoms with Crippen molar-refractivity contribution in [1.82, 2.24) is 9.62 Å². The van der Waals surface area contributed by atoms with Crippen molar-refractivity contribution in [2.75, 3.05) is 31.8 Å². The maximum Gasteiger partial charge on any atom is 2.00 e. The normalized spacial score (nSPS) is 12.6. The molecule has 1 fully saturated rings. The Kier molecular flexibility index (Phi) is 16.4. The van der Waals surface area contributed by atoms with E-state index in [0.717, 1.165) is 35.7 Å². The number of rotatable bonds is 7. The number of hydrogen-bond acceptors (Lipinski definition) is 7. The molecule has 0 spiro atoms. The number of anilines is 1. The van der Waals surface area contributed by atoms with Crippen LogP contribution in [0.15, 0.2) is 48.5 Å². The summed E-state index contributed by atoms with van der Waals surface area (Å²) in [6, 6.07) is 12.4. The molecule has 9 heteroatoms. The molecule has 32 heavy (non-hydrogen) atoms. The Morgan fingerprint density at radius 3 is 2.47 bits per heavy atom. The third-order valence-corrected chi connectivity index (χ3v) is 4.91. The van der Waals surface area contributed by atoms with Crippen LogP contribution in [-0.2, 0) is 26.0 Å². The number of benzene rings is 2. The fourth-order valence-corrected chi connectivity index (χ4v) is 3.05. The summed E-state index contributed by atoms with van der Waals surface area (Å²) >= 11 is 1.75. The van der Waals surface area contributed by atoms with E-state index in [2.05, 4.69) is 28.1 Å². The van der Waals surface area contributed by atoms with E-state index >= 15 is 0 Å². The van der Waals surface area contributed by atoms with Gasteiger partial charge in [-0.1, -0.05) is 25.5 Å². The van der Waals surface area contributed by atoms with Gasteiger partial charge in [0.05, 0.1) is 12.0 Å². The zero-order valence-electron chi connectivity index (χ0n) is 19.0. The van der Waals surface area contributed by atoms with Gasteiger partial charge in [0.25, 0.3) is 5.69 Å². The molecular formula is C23H32N4O3RuS. The zero-order valence-corrected chi connectivity index (χ0v) is 21.5. The monoisotopic (exact) mass is 546 g/mol. The summed E-state index contributed by atoms with van der Waals surface area (Å²) in [6.07, 6.45) is 5.46. The molecule has 0 unspecified atom stereocenters. The van der Waals surface area contributed by atoms with Gasteiger partial charge in [0.2, 0.25) is 0 Å². The Labute approximate surface area is 209 Å². The smallest absolute Gasteiger partial charge is 0.497 e. The number of hydrogen-bond donors (Lipinski definition) is 2. The fraction of sp³-hybridized carbons (Fsp3) is 0.304. The van der Waals surface area contributed by atoms with Crippen LogP contribution in [0.2, 0.25) is 0 Å². The largest absolute Gasteiger partial charge is 2.00 e. The van der Waals surface area contributed by atoms with Crippen molar-refractivity contribution >= 4 is 29.4 Å². The quantitative estimate of drug-likeness (QED) is 0.159. The third kappa shape index (κ3) is 10.5. The van der Waals surface area contributed by atoms with E-state index in [1.165, 1.54) is 6.07 Å². The van der Waals surface area contributed by atoms with Gasteiger partial charge in [-0.2, -0.15) is 6.67 Å². The molecule has 1 aliphatic rings. The average Bonchev–Trinajstić information content (AvgIpc) is 3.34. The third-order valence-electron chi connectivity index (χ3n) is 4.16. The molecule has 1 aliphatic heterocycles. The summed E-state index contributed by atoms with van der Waals surface area (Å²) in [5.41, 5.74) is 2.76. The van der Waals surface area contributed by atoms with Crippen LogP contribution in [0.4, 0.5) is 11.4 Å². The van der Waals surface area contributed by atoms with Gasteiger partial charge in [0.15, 0.2) is 0 Å². The molecule has 7 nitrogen and oxygen atoms in total. The summed E-state index contributed by atoms with van der Waals surface area (Å²) in [5.74, 6) is 0.793. The van der Waals surface area contributed by atoms with Crippen LogP contribution < -0.4 is 15.4 Å². The predicted octanol–water partition coefficient (Wildman–Crippen LogP) is 5.38. The molecule has 0 amide bonds. The molecule has 1 heterocycles. The minimum absolute atomic E-state index is 0. The van der Waals surface area contributed by atoms with E-state index in [0.29, 0.717) is 6.54 Å². The van der Waals surface area contributed by atoms with E-state index in [1.54, 1.807) is 43.3 Å². The number of ether oxygens (including phenoxy) is 1. The second kappa shape index (κ2) is 17.5. The maximum atomic E-state index is 10.8. The van der Waals surface area contributed by atoms with Gasteiger partial charge >= 0.3 is 19.5 Å². The van der Waals surface area contributed by atoms with E-state index < -0.39 is 4.92 Å². The molecule has 3 rings (SSSR count). The van der Waals surface area contributed by atoms with Crippen LogP contribution in [0.3, 0.4) is 0 Å². The Bertz CT molecular complexity index is 813. The Balaban J connectivity index is 0.000000810. The predicted molar refractivity (Wildman–Crippen MR) is 132 cm³/mol. The van der Waals surface area contributed by atoms with Gasteiger partial charge in [-0.25, -0.2) is 19.1 Å². The first-order valence-corrected chi connectivity index (χ1v) is 11.2. The molecule has 0 saturated carbocycles.